The SMILES string of the molecule is C[C@H](C(=O)Nc1cccc(C[C@@H](N)C(=O)O)c1)c1cccc(C(=O)c2ccccc2)c1. The average molecular weight is 416 g/mol. The van der Waals surface area contributed by atoms with Crippen LogP contribution in [0.1, 0.15) is 39.9 Å². The molecule has 158 valence electrons. The maximum atomic E-state index is 12.8. The number of carbonyl (C=O) groups excluding carboxylic acids is 2. The Morgan fingerprint density at radius 2 is 1.58 bits per heavy atom. The number of anilines is 1. The lowest BCUT2D eigenvalue weighted by Gasteiger charge is -2.15. The number of aliphatic carboxylic acids is 1. The largest absolute Gasteiger partial charge is 0.480 e. The van der Waals surface area contributed by atoms with Gasteiger partial charge >= 0.3 is 5.97 Å². The number of carboxylic acid groups (broad SMARTS) is 1. The smallest absolute Gasteiger partial charge is 0.320 e. The lowest BCUT2D eigenvalue weighted by molar-refractivity contribution is -0.138. The van der Waals surface area contributed by atoms with Crippen molar-refractivity contribution < 1.29 is 19.5 Å². The van der Waals surface area contributed by atoms with Crippen LogP contribution in [-0.4, -0.2) is 28.8 Å². The summed E-state index contributed by atoms with van der Waals surface area (Å²) in [5, 5.41) is 11.8. The second-order valence-electron chi connectivity index (χ2n) is 7.38. The van der Waals surface area contributed by atoms with Crippen LogP contribution in [0.25, 0.3) is 0 Å². The van der Waals surface area contributed by atoms with Crippen molar-refractivity contribution in [3.05, 3.63) is 101 Å². The molecular weight excluding hydrogens is 392 g/mol. The zero-order chi connectivity index (χ0) is 22.4. The Hall–Kier alpha value is -3.77. The Morgan fingerprint density at radius 1 is 0.903 bits per heavy atom. The number of hydrogen-bond donors (Lipinski definition) is 3. The van der Waals surface area contributed by atoms with E-state index in [0.29, 0.717) is 16.8 Å². The normalized spacial score (nSPS) is 12.6. The highest BCUT2D eigenvalue weighted by molar-refractivity contribution is 6.09. The van der Waals surface area contributed by atoms with E-state index in [1.165, 1.54) is 0 Å². The van der Waals surface area contributed by atoms with Gasteiger partial charge in [0.15, 0.2) is 5.78 Å². The van der Waals surface area contributed by atoms with E-state index in [1.807, 2.05) is 24.3 Å². The summed E-state index contributed by atoms with van der Waals surface area (Å²) in [6.45, 7) is 1.77. The van der Waals surface area contributed by atoms with Gasteiger partial charge in [-0.05, 0) is 42.7 Å². The lowest BCUT2D eigenvalue weighted by atomic mass is 9.95. The minimum absolute atomic E-state index is 0.0995. The fraction of sp³-hybridized carbons (Fsp3) is 0.160. The van der Waals surface area contributed by atoms with Crippen molar-refractivity contribution in [3.8, 4) is 0 Å². The predicted octanol–water partition coefficient (Wildman–Crippen LogP) is 3.61. The molecule has 0 aliphatic rings. The second kappa shape index (κ2) is 9.82. The van der Waals surface area contributed by atoms with Crippen molar-refractivity contribution in [2.24, 2.45) is 5.73 Å². The van der Waals surface area contributed by atoms with Crippen molar-refractivity contribution >= 4 is 23.3 Å². The topological polar surface area (TPSA) is 109 Å². The monoisotopic (exact) mass is 416 g/mol. The van der Waals surface area contributed by atoms with E-state index in [2.05, 4.69) is 5.32 Å². The molecule has 2 atom stereocenters. The highest BCUT2D eigenvalue weighted by Gasteiger charge is 2.18. The number of ketones is 1. The first kappa shape index (κ1) is 21.9. The third-order valence-electron chi connectivity index (χ3n) is 5.05. The maximum Gasteiger partial charge on any atom is 0.320 e. The van der Waals surface area contributed by atoms with Crippen LogP contribution in [-0.2, 0) is 16.0 Å². The fourth-order valence-electron chi connectivity index (χ4n) is 3.22. The molecule has 0 unspecified atom stereocenters. The molecule has 0 aromatic heterocycles. The van der Waals surface area contributed by atoms with Gasteiger partial charge in [-0.15, -0.1) is 0 Å². The predicted molar refractivity (Wildman–Crippen MR) is 119 cm³/mol. The van der Waals surface area contributed by atoms with Crippen LogP contribution in [0, 0.1) is 0 Å². The van der Waals surface area contributed by atoms with E-state index >= 15 is 0 Å². The minimum Gasteiger partial charge on any atom is -0.480 e. The number of carbonyl (C=O) groups is 3. The van der Waals surface area contributed by atoms with Crippen LogP contribution in [0.2, 0.25) is 0 Å². The fourth-order valence-corrected chi connectivity index (χ4v) is 3.22. The third kappa shape index (κ3) is 5.65. The molecule has 31 heavy (non-hydrogen) atoms. The van der Waals surface area contributed by atoms with Gasteiger partial charge in [-0.25, -0.2) is 0 Å². The van der Waals surface area contributed by atoms with Gasteiger partial charge in [0.25, 0.3) is 0 Å². The molecule has 3 rings (SSSR count). The molecule has 6 heteroatoms. The quantitative estimate of drug-likeness (QED) is 0.486. The molecule has 0 heterocycles. The van der Waals surface area contributed by atoms with Gasteiger partial charge in [-0.3, -0.25) is 14.4 Å². The molecule has 0 radical (unpaired) electrons. The number of nitrogens with one attached hydrogen (secondary N) is 1. The van der Waals surface area contributed by atoms with E-state index in [1.54, 1.807) is 61.5 Å². The number of carboxylic acids is 1. The Kier molecular flexibility index (Phi) is 6.95. The van der Waals surface area contributed by atoms with Gasteiger partial charge in [0.05, 0.1) is 5.92 Å². The Labute approximate surface area is 180 Å². The molecule has 4 N–H and O–H groups in total. The number of hydrogen-bond acceptors (Lipinski definition) is 4. The van der Waals surface area contributed by atoms with Crippen LogP contribution < -0.4 is 11.1 Å². The molecule has 0 saturated carbocycles. The first-order valence-corrected chi connectivity index (χ1v) is 9.93. The van der Waals surface area contributed by atoms with Gasteiger partial charge in [0.2, 0.25) is 5.91 Å². The highest BCUT2D eigenvalue weighted by Crippen LogP contribution is 2.21. The van der Waals surface area contributed by atoms with Crippen molar-refractivity contribution in [2.75, 3.05) is 5.32 Å². The van der Waals surface area contributed by atoms with E-state index in [0.717, 1.165) is 11.1 Å². The summed E-state index contributed by atoms with van der Waals surface area (Å²) in [5.74, 6) is -1.90. The molecule has 0 bridgehead atoms. The Bertz CT molecular complexity index is 1100. The molecule has 1 amide bonds. The summed E-state index contributed by atoms with van der Waals surface area (Å²) in [7, 11) is 0. The molecule has 0 saturated heterocycles. The molecule has 3 aromatic carbocycles. The summed E-state index contributed by atoms with van der Waals surface area (Å²) in [5.41, 5.74) is 8.70. The summed E-state index contributed by atoms with van der Waals surface area (Å²) in [6, 6.07) is 22.0. The first-order valence-electron chi connectivity index (χ1n) is 9.93. The van der Waals surface area contributed by atoms with Crippen molar-refractivity contribution in [1.82, 2.24) is 0 Å². The number of nitrogens with two attached hydrogens (primary N) is 1. The first-order chi connectivity index (χ1) is 14.8. The van der Waals surface area contributed by atoms with Crippen molar-refractivity contribution in [3.63, 3.8) is 0 Å². The van der Waals surface area contributed by atoms with Crippen molar-refractivity contribution in [1.29, 1.82) is 0 Å². The zero-order valence-corrected chi connectivity index (χ0v) is 17.1. The number of amides is 1. The molecule has 0 aliphatic heterocycles. The third-order valence-corrected chi connectivity index (χ3v) is 5.05. The van der Waals surface area contributed by atoms with Gasteiger partial charge in [-0.1, -0.05) is 60.7 Å². The summed E-state index contributed by atoms with van der Waals surface area (Å²) >= 11 is 0. The molecular formula is C25H24N2O4. The lowest BCUT2D eigenvalue weighted by Crippen LogP contribution is -2.32. The number of benzene rings is 3. The molecule has 0 aliphatic carbocycles. The Balaban J connectivity index is 1.72. The molecule has 0 spiro atoms. The Morgan fingerprint density at radius 3 is 2.29 bits per heavy atom. The molecule has 3 aromatic rings. The average Bonchev–Trinajstić information content (AvgIpc) is 2.78. The summed E-state index contributed by atoms with van der Waals surface area (Å²) in [4.78, 5) is 36.5. The van der Waals surface area contributed by atoms with Crippen LogP contribution in [0.5, 0.6) is 0 Å². The van der Waals surface area contributed by atoms with E-state index in [9.17, 15) is 14.4 Å². The van der Waals surface area contributed by atoms with Gasteiger partial charge in [-0.2, -0.15) is 0 Å². The second-order valence-corrected chi connectivity index (χ2v) is 7.38. The maximum absolute atomic E-state index is 12.8. The summed E-state index contributed by atoms with van der Waals surface area (Å²) in [6.07, 6.45) is 0.165. The van der Waals surface area contributed by atoms with E-state index in [-0.39, 0.29) is 18.1 Å². The molecule has 0 fully saturated rings. The zero-order valence-electron chi connectivity index (χ0n) is 17.1. The van der Waals surface area contributed by atoms with Gasteiger partial charge in [0, 0.05) is 16.8 Å². The van der Waals surface area contributed by atoms with E-state index < -0.39 is 17.9 Å². The number of rotatable bonds is 8. The standard InChI is InChI=1S/C25H24N2O4/c1-16(19-10-6-11-20(15-19)23(28)18-8-3-2-4-9-18)24(29)27-21-12-5-7-17(13-21)14-22(26)25(30)31/h2-13,15-16,22H,14,26H2,1H3,(H,27,29)(H,30,31)/t16-,22+/m0/s1. The summed E-state index contributed by atoms with van der Waals surface area (Å²) < 4.78 is 0. The van der Waals surface area contributed by atoms with Crippen LogP contribution >= 0.6 is 0 Å². The molecule has 6 nitrogen and oxygen atoms in total. The highest BCUT2D eigenvalue weighted by atomic mass is 16.4. The van der Waals surface area contributed by atoms with Crippen LogP contribution in [0.3, 0.4) is 0 Å². The van der Waals surface area contributed by atoms with Crippen LogP contribution in [0.15, 0.2) is 78.9 Å². The van der Waals surface area contributed by atoms with E-state index in [4.69, 9.17) is 10.8 Å². The van der Waals surface area contributed by atoms with Crippen LogP contribution in [0.4, 0.5) is 5.69 Å². The van der Waals surface area contributed by atoms with Crippen molar-refractivity contribution in [2.45, 2.75) is 25.3 Å². The van der Waals surface area contributed by atoms with Gasteiger partial charge < -0.3 is 16.2 Å². The van der Waals surface area contributed by atoms with Gasteiger partial charge in [0.1, 0.15) is 6.04 Å². The minimum atomic E-state index is -1.08.